The van der Waals surface area contributed by atoms with Crippen LogP contribution in [0.5, 0.6) is 0 Å². The standard InChI is InChI=1S/C15H11ClIN3/c16-12-7-11(17)4-5-14(12)20-15-10(8-18)6-9-2-1-3-13(9)19-15/h4-7H,1-3H2,(H,19,20). The summed E-state index contributed by atoms with van der Waals surface area (Å²) in [5.74, 6) is 0.594. The first-order valence-electron chi connectivity index (χ1n) is 6.32. The summed E-state index contributed by atoms with van der Waals surface area (Å²) in [6.07, 6.45) is 3.11. The molecule has 1 heterocycles. The van der Waals surface area contributed by atoms with E-state index in [9.17, 15) is 5.26 Å². The Morgan fingerprint density at radius 1 is 1.30 bits per heavy atom. The number of hydrogen-bond acceptors (Lipinski definition) is 3. The largest absolute Gasteiger partial charge is 0.338 e. The highest BCUT2D eigenvalue weighted by atomic mass is 127. The zero-order valence-corrected chi connectivity index (χ0v) is 13.5. The van der Waals surface area contributed by atoms with Crippen LogP contribution in [0.1, 0.15) is 23.2 Å². The number of nitrogens with one attached hydrogen (secondary N) is 1. The number of rotatable bonds is 2. The zero-order valence-electron chi connectivity index (χ0n) is 10.6. The SMILES string of the molecule is N#Cc1cc2c(nc1Nc1ccc(I)cc1Cl)CCC2. The Bertz CT molecular complexity index is 722. The molecule has 0 radical (unpaired) electrons. The van der Waals surface area contributed by atoms with Crippen LogP contribution in [0.2, 0.25) is 5.02 Å². The van der Waals surface area contributed by atoms with E-state index in [1.54, 1.807) is 0 Å². The van der Waals surface area contributed by atoms with Gasteiger partial charge in [0, 0.05) is 9.26 Å². The van der Waals surface area contributed by atoms with Crippen LogP contribution in [0.4, 0.5) is 11.5 Å². The number of fused-ring (bicyclic) bond motifs is 1. The molecule has 3 nitrogen and oxygen atoms in total. The summed E-state index contributed by atoms with van der Waals surface area (Å²) in [6.45, 7) is 0. The van der Waals surface area contributed by atoms with Crippen LogP contribution in [-0.4, -0.2) is 4.98 Å². The molecule has 0 spiro atoms. The van der Waals surface area contributed by atoms with Crippen LogP contribution in [0.25, 0.3) is 0 Å². The molecule has 0 fully saturated rings. The van der Waals surface area contributed by atoms with Gasteiger partial charge < -0.3 is 5.32 Å². The van der Waals surface area contributed by atoms with Crippen molar-refractivity contribution >= 4 is 45.7 Å². The molecule has 1 aromatic carbocycles. The summed E-state index contributed by atoms with van der Waals surface area (Å²) in [4.78, 5) is 4.59. The highest BCUT2D eigenvalue weighted by Gasteiger charge is 2.17. The molecule has 3 rings (SSSR count). The molecule has 0 bridgehead atoms. The molecule has 2 aromatic rings. The van der Waals surface area contributed by atoms with E-state index in [1.165, 1.54) is 5.56 Å². The molecule has 0 aliphatic heterocycles. The topological polar surface area (TPSA) is 48.7 Å². The molecule has 0 unspecified atom stereocenters. The van der Waals surface area contributed by atoms with Crippen LogP contribution in [-0.2, 0) is 12.8 Å². The molecule has 5 heteroatoms. The fourth-order valence-electron chi connectivity index (χ4n) is 2.37. The number of nitriles is 1. The lowest BCUT2D eigenvalue weighted by atomic mass is 10.1. The zero-order chi connectivity index (χ0) is 14.1. The van der Waals surface area contributed by atoms with Gasteiger partial charge >= 0.3 is 0 Å². The predicted molar refractivity (Wildman–Crippen MR) is 88.4 cm³/mol. The predicted octanol–water partition coefficient (Wildman–Crippen LogP) is 4.44. The second kappa shape index (κ2) is 5.58. The average molecular weight is 396 g/mol. The van der Waals surface area contributed by atoms with Crippen molar-refractivity contribution in [2.75, 3.05) is 5.32 Å². The van der Waals surface area contributed by atoms with Crippen molar-refractivity contribution in [3.63, 3.8) is 0 Å². The van der Waals surface area contributed by atoms with Gasteiger partial charge in [-0.05, 0) is 71.7 Å². The first-order valence-corrected chi connectivity index (χ1v) is 7.78. The van der Waals surface area contributed by atoms with E-state index in [2.05, 4.69) is 39.0 Å². The lowest BCUT2D eigenvalue weighted by molar-refractivity contribution is 0.900. The Morgan fingerprint density at radius 2 is 2.15 bits per heavy atom. The second-order valence-corrected chi connectivity index (χ2v) is 6.36. The Kier molecular flexibility index (Phi) is 3.81. The summed E-state index contributed by atoms with van der Waals surface area (Å²) in [7, 11) is 0. The number of hydrogen-bond donors (Lipinski definition) is 1. The molecule has 0 saturated carbocycles. The van der Waals surface area contributed by atoms with Crippen LogP contribution in [0, 0.1) is 14.9 Å². The van der Waals surface area contributed by atoms with E-state index in [-0.39, 0.29) is 0 Å². The molecule has 20 heavy (non-hydrogen) atoms. The number of aromatic nitrogens is 1. The molecule has 0 amide bonds. The van der Waals surface area contributed by atoms with Crippen molar-refractivity contribution in [2.24, 2.45) is 0 Å². The van der Waals surface area contributed by atoms with Gasteiger partial charge in [-0.1, -0.05) is 11.6 Å². The molecule has 100 valence electrons. The molecular formula is C15H11ClIN3. The first-order chi connectivity index (χ1) is 9.67. The minimum atomic E-state index is 0.570. The fraction of sp³-hybridized carbons (Fsp3) is 0.200. The van der Waals surface area contributed by atoms with Gasteiger partial charge in [0.1, 0.15) is 11.9 Å². The lowest BCUT2D eigenvalue weighted by Gasteiger charge is -2.11. The van der Waals surface area contributed by atoms with Gasteiger partial charge in [-0.2, -0.15) is 5.26 Å². The maximum atomic E-state index is 9.28. The molecule has 1 aliphatic carbocycles. The van der Waals surface area contributed by atoms with Crippen molar-refractivity contribution in [3.8, 4) is 6.07 Å². The smallest absolute Gasteiger partial charge is 0.148 e. The van der Waals surface area contributed by atoms with Crippen LogP contribution in [0.3, 0.4) is 0 Å². The first kappa shape index (κ1) is 13.7. The minimum Gasteiger partial charge on any atom is -0.338 e. The van der Waals surface area contributed by atoms with Crippen molar-refractivity contribution in [3.05, 3.63) is 49.7 Å². The van der Waals surface area contributed by atoms with Crippen LogP contribution < -0.4 is 5.32 Å². The van der Waals surface area contributed by atoms with Crippen molar-refractivity contribution in [1.29, 1.82) is 5.26 Å². The van der Waals surface area contributed by atoms with Crippen molar-refractivity contribution in [2.45, 2.75) is 19.3 Å². The second-order valence-electron chi connectivity index (χ2n) is 4.70. The number of aryl methyl sites for hydroxylation is 2. The fourth-order valence-corrected chi connectivity index (χ4v) is 3.27. The summed E-state index contributed by atoms with van der Waals surface area (Å²) in [6, 6.07) is 9.90. The van der Waals surface area contributed by atoms with Crippen LogP contribution in [0.15, 0.2) is 24.3 Å². The third-order valence-corrected chi connectivity index (χ3v) is 4.34. The monoisotopic (exact) mass is 395 g/mol. The number of halogens is 2. The minimum absolute atomic E-state index is 0.570. The number of anilines is 2. The highest BCUT2D eigenvalue weighted by molar-refractivity contribution is 14.1. The van der Waals surface area contributed by atoms with Gasteiger partial charge in [0.2, 0.25) is 0 Å². The van der Waals surface area contributed by atoms with Gasteiger partial charge in [0.05, 0.1) is 16.3 Å². The van der Waals surface area contributed by atoms with Gasteiger partial charge in [-0.15, -0.1) is 0 Å². The average Bonchev–Trinajstić information content (AvgIpc) is 2.88. The summed E-state index contributed by atoms with van der Waals surface area (Å²) in [5, 5.41) is 13.1. The summed E-state index contributed by atoms with van der Waals surface area (Å²) in [5.41, 5.74) is 3.63. The van der Waals surface area contributed by atoms with Gasteiger partial charge in [-0.25, -0.2) is 4.98 Å². The maximum Gasteiger partial charge on any atom is 0.148 e. The third kappa shape index (κ3) is 2.60. The highest BCUT2D eigenvalue weighted by Crippen LogP contribution is 2.30. The Hall–Kier alpha value is -1.32. The molecule has 0 atom stereocenters. The Labute approximate surface area is 136 Å². The molecule has 1 aromatic heterocycles. The van der Waals surface area contributed by atoms with Gasteiger partial charge in [0.25, 0.3) is 0 Å². The van der Waals surface area contributed by atoms with E-state index < -0.39 is 0 Å². The van der Waals surface area contributed by atoms with E-state index in [4.69, 9.17) is 11.6 Å². The molecule has 0 saturated heterocycles. The summed E-state index contributed by atoms with van der Waals surface area (Å²) >= 11 is 8.43. The van der Waals surface area contributed by atoms with Crippen molar-refractivity contribution < 1.29 is 0 Å². The summed E-state index contributed by atoms with van der Waals surface area (Å²) < 4.78 is 1.07. The quantitative estimate of drug-likeness (QED) is 0.765. The normalized spacial score (nSPS) is 12.8. The third-order valence-electron chi connectivity index (χ3n) is 3.36. The number of nitrogens with zero attached hydrogens (tertiary/aromatic N) is 2. The Morgan fingerprint density at radius 3 is 2.90 bits per heavy atom. The van der Waals surface area contributed by atoms with Crippen LogP contribution >= 0.6 is 34.2 Å². The molecular weight excluding hydrogens is 385 g/mol. The van der Waals surface area contributed by atoms with Crippen molar-refractivity contribution in [1.82, 2.24) is 4.98 Å². The maximum absolute atomic E-state index is 9.28. The number of benzene rings is 1. The van der Waals surface area contributed by atoms with E-state index >= 15 is 0 Å². The molecule has 1 N–H and O–H groups in total. The molecule has 1 aliphatic rings. The van der Waals surface area contributed by atoms with Gasteiger partial charge in [-0.3, -0.25) is 0 Å². The Balaban J connectivity index is 2.00. The van der Waals surface area contributed by atoms with E-state index in [1.807, 2.05) is 24.3 Å². The van der Waals surface area contributed by atoms with E-state index in [0.29, 0.717) is 16.4 Å². The lowest BCUT2D eigenvalue weighted by Crippen LogP contribution is -2.01. The number of pyridine rings is 1. The van der Waals surface area contributed by atoms with Gasteiger partial charge in [0.15, 0.2) is 0 Å². The van der Waals surface area contributed by atoms with E-state index in [0.717, 1.165) is 34.2 Å².